The van der Waals surface area contributed by atoms with Crippen LogP contribution in [0.3, 0.4) is 0 Å². The summed E-state index contributed by atoms with van der Waals surface area (Å²) in [6, 6.07) is 0. The quantitative estimate of drug-likeness (QED) is 0.841. The molecule has 1 aromatic heterocycles. The molecule has 1 N–H and O–H groups in total. The maximum Gasteiger partial charge on any atom is 0.341 e. The standard InChI is InChI=1S/C14H21N3O3/c1-4-20-12(18)11-9-15-13(16-10(11)2)17-7-5-14(3,19)6-8-17/h9,19H,4-8H2,1-3H3. The summed E-state index contributed by atoms with van der Waals surface area (Å²) < 4.78 is 4.96. The van der Waals surface area contributed by atoms with Crippen LogP contribution in [0.15, 0.2) is 6.20 Å². The van der Waals surface area contributed by atoms with E-state index >= 15 is 0 Å². The second-order valence-corrected chi connectivity index (χ2v) is 5.37. The fraction of sp³-hybridized carbons (Fsp3) is 0.643. The summed E-state index contributed by atoms with van der Waals surface area (Å²) in [5.74, 6) is 0.212. The molecule has 1 aromatic rings. The fourth-order valence-electron chi connectivity index (χ4n) is 2.20. The van der Waals surface area contributed by atoms with Crippen LogP contribution in [-0.4, -0.2) is 46.3 Å². The molecule has 0 atom stereocenters. The van der Waals surface area contributed by atoms with E-state index in [0.29, 0.717) is 49.7 Å². The third-order valence-electron chi connectivity index (χ3n) is 3.59. The van der Waals surface area contributed by atoms with Crippen molar-refractivity contribution in [3.8, 4) is 0 Å². The first-order valence-electron chi connectivity index (χ1n) is 6.91. The summed E-state index contributed by atoms with van der Waals surface area (Å²) in [6.07, 6.45) is 2.90. The van der Waals surface area contributed by atoms with Crippen molar-refractivity contribution in [3.05, 3.63) is 17.5 Å². The van der Waals surface area contributed by atoms with Crippen molar-refractivity contribution in [1.82, 2.24) is 9.97 Å². The minimum atomic E-state index is -0.601. The van der Waals surface area contributed by atoms with E-state index < -0.39 is 11.6 Å². The van der Waals surface area contributed by atoms with E-state index in [1.807, 2.05) is 11.8 Å². The van der Waals surface area contributed by atoms with E-state index in [0.717, 1.165) is 0 Å². The number of aliphatic hydroxyl groups is 1. The Morgan fingerprint density at radius 3 is 2.70 bits per heavy atom. The number of piperidine rings is 1. The molecule has 1 fully saturated rings. The van der Waals surface area contributed by atoms with Crippen LogP contribution in [0.25, 0.3) is 0 Å². The second kappa shape index (κ2) is 5.75. The normalized spacial score (nSPS) is 17.9. The molecule has 0 radical (unpaired) electrons. The molecular formula is C14H21N3O3. The van der Waals surface area contributed by atoms with Crippen molar-refractivity contribution in [2.24, 2.45) is 0 Å². The number of carbonyl (C=O) groups is 1. The summed E-state index contributed by atoms with van der Waals surface area (Å²) in [4.78, 5) is 22.3. The molecule has 2 heterocycles. The Morgan fingerprint density at radius 2 is 2.15 bits per heavy atom. The second-order valence-electron chi connectivity index (χ2n) is 5.37. The highest BCUT2D eigenvalue weighted by molar-refractivity contribution is 5.90. The van der Waals surface area contributed by atoms with Crippen LogP contribution < -0.4 is 4.90 Å². The van der Waals surface area contributed by atoms with Gasteiger partial charge in [0.2, 0.25) is 5.95 Å². The summed E-state index contributed by atoms with van der Waals surface area (Å²) in [5.41, 5.74) is 0.418. The SMILES string of the molecule is CCOC(=O)c1cnc(N2CCC(C)(O)CC2)nc1C. The van der Waals surface area contributed by atoms with Crippen LogP contribution in [0.4, 0.5) is 5.95 Å². The number of rotatable bonds is 3. The monoisotopic (exact) mass is 279 g/mol. The fourth-order valence-corrected chi connectivity index (χ4v) is 2.20. The van der Waals surface area contributed by atoms with Gasteiger partial charge in [-0.15, -0.1) is 0 Å². The Kier molecular flexibility index (Phi) is 4.23. The first kappa shape index (κ1) is 14.7. The number of hydrogen-bond acceptors (Lipinski definition) is 6. The third kappa shape index (κ3) is 3.25. The molecule has 0 aromatic carbocycles. The average molecular weight is 279 g/mol. The van der Waals surface area contributed by atoms with Crippen molar-refractivity contribution in [1.29, 1.82) is 0 Å². The first-order chi connectivity index (χ1) is 9.43. The lowest BCUT2D eigenvalue weighted by atomic mass is 9.94. The van der Waals surface area contributed by atoms with Gasteiger partial charge in [-0.25, -0.2) is 14.8 Å². The topological polar surface area (TPSA) is 75.5 Å². The van der Waals surface area contributed by atoms with E-state index in [1.54, 1.807) is 13.8 Å². The number of aromatic nitrogens is 2. The number of esters is 1. The molecule has 0 unspecified atom stereocenters. The molecule has 0 aliphatic carbocycles. The van der Waals surface area contributed by atoms with E-state index in [-0.39, 0.29) is 0 Å². The van der Waals surface area contributed by atoms with Crippen molar-refractivity contribution in [2.75, 3.05) is 24.6 Å². The summed E-state index contributed by atoms with van der Waals surface area (Å²) in [5, 5.41) is 9.94. The van der Waals surface area contributed by atoms with Crippen molar-refractivity contribution in [2.45, 2.75) is 39.2 Å². The number of ether oxygens (including phenoxy) is 1. The highest BCUT2D eigenvalue weighted by atomic mass is 16.5. The Bertz CT molecular complexity index is 492. The van der Waals surface area contributed by atoms with Gasteiger partial charge in [0, 0.05) is 19.3 Å². The van der Waals surface area contributed by atoms with E-state index in [1.165, 1.54) is 6.20 Å². The molecular weight excluding hydrogens is 258 g/mol. The zero-order valence-corrected chi connectivity index (χ0v) is 12.2. The van der Waals surface area contributed by atoms with Crippen LogP contribution in [0.5, 0.6) is 0 Å². The zero-order chi connectivity index (χ0) is 14.8. The van der Waals surface area contributed by atoms with Gasteiger partial charge in [0.1, 0.15) is 0 Å². The lowest BCUT2D eigenvalue weighted by molar-refractivity contribution is 0.0349. The summed E-state index contributed by atoms with van der Waals surface area (Å²) in [6.45, 7) is 7.15. The van der Waals surface area contributed by atoms with Crippen LogP contribution >= 0.6 is 0 Å². The molecule has 20 heavy (non-hydrogen) atoms. The molecule has 1 aliphatic rings. The van der Waals surface area contributed by atoms with E-state index in [2.05, 4.69) is 9.97 Å². The predicted molar refractivity (Wildman–Crippen MR) is 74.8 cm³/mol. The maximum absolute atomic E-state index is 11.7. The molecule has 0 saturated carbocycles. The number of anilines is 1. The van der Waals surface area contributed by atoms with E-state index in [9.17, 15) is 9.90 Å². The van der Waals surface area contributed by atoms with Crippen LogP contribution in [-0.2, 0) is 4.74 Å². The van der Waals surface area contributed by atoms with Gasteiger partial charge in [0.25, 0.3) is 0 Å². The summed E-state index contributed by atoms with van der Waals surface area (Å²) in [7, 11) is 0. The highest BCUT2D eigenvalue weighted by Gasteiger charge is 2.28. The molecule has 6 nitrogen and oxygen atoms in total. The van der Waals surface area contributed by atoms with Crippen LogP contribution in [0.2, 0.25) is 0 Å². The van der Waals surface area contributed by atoms with Crippen LogP contribution in [0.1, 0.15) is 42.7 Å². The maximum atomic E-state index is 11.7. The van der Waals surface area contributed by atoms with Crippen molar-refractivity contribution < 1.29 is 14.6 Å². The minimum Gasteiger partial charge on any atom is -0.462 e. The van der Waals surface area contributed by atoms with Gasteiger partial charge in [-0.2, -0.15) is 0 Å². The van der Waals surface area contributed by atoms with Gasteiger partial charge in [0.05, 0.1) is 23.5 Å². The molecule has 110 valence electrons. The van der Waals surface area contributed by atoms with Crippen LogP contribution in [0, 0.1) is 6.92 Å². The van der Waals surface area contributed by atoms with Gasteiger partial charge in [-0.05, 0) is 33.6 Å². The van der Waals surface area contributed by atoms with Crippen molar-refractivity contribution in [3.63, 3.8) is 0 Å². The molecule has 1 saturated heterocycles. The molecule has 0 spiro atoms. The minimum absolute atomic E-state index is 0.335. The molecule has 2 rings (SSSR count). The molecule has 1 aliphatic heterocycles. The Labute approximate surface area is 118 Å². The van der Waals surface area contributed by atoms with Gasteiger partial charge in [-0.3, -0.25) is 0 Å². The van der Waals surface area contributed by atoms with Gasteiger partial charge < -0.3 is 14.7 Å². The third-order valence-corrected chi connectivity index (χ3v) is 3.59. The Morgan fingerprint density at radius 1 is 1.50 bits per heavy atom. The molecule has 0 bridgehead atoms. The number of hydrogen-bond donors (Lipinski definition) is 1. The molecule has 0 amide bonds. The van der Waals surface area contributed by atoms with Crippen molar-refractivity contribution >= 4 is 11.9 Å². The predicted octanol–water partition coefficient (Wildman–Crippen LogP) is 1.31. The van der Waals surface area contributed by atoms with Gasteiger partial charge in [-0.1, -0.05) is 0 Å². The van der Waals surface area contributed by atoms with Gasteiger partial charge in [0.15, 0.2) is 0 Å². The largest absolute Gasteiger partial charge is 0.462 e. The number of nitrogens with zero attached hydrogens (tertiary/aromatic N) is 3. The zero-order valence-electron chi connectivity index (χ0n) is 12.2. The first-order valence-corrected chi connectivity index (χ1v) is 6.91. The smallest absolute Gasteiger partial charge is 0.341 e. The number of carbonyl (C=O) groups excluding carboxylic acids is 1. The molecule has 6 heteroatoms. The summed E-state index contributed by atoms with van der Waals surface area (Å²) >= 11 is 0. The highest BCUT2D eigenvalue weighted by Crippen LogP contribution is 2.24. The lowest BCUT2D eigenvalue weighted by Crippen LogP contribution is -2.43. The Balaban J connectivity index is 2.11. The van der Waals surface area contributed by atoms with E-state index in [4.69, 9.17) is 4.74 Å². The van der Waals surface area contributed by atoms with Gasteiger partial charge >= 0.3 is 5.97 Å². The number of aryl methyl sites for hydroxylation is 1. The lowest BCUT2D eigenvalue weighted by Gasteiger charge is -2.35. The Hall–Kier alpha value is -1.69. The average Bonchev–Trinajstić information content (AvgIpc) is 2.38.